The van der Waals surface area contributed by atoms with Crippen molar-refractivity contribution in [3.8, 4) is 5.75 Å². The van der Waals surface area contributed by atoms with Crippen molar-refractivity contribution in [2.75, 3.05) is 7.11 Å². The van der Waals surface area contributed by atoms with E-state index in [1.165, 1.54) is 12.1 Å². The highest BCUT2D eigenvalue weighted by atomic mass is 19.1. The lowest BCUT2D eigenvalue weighted by Gasteiger charge is -2.28. The summed E-state index contributed by atoms with van der Waals surface area (Å²) in [6, 6.07) is 12.7. The van der Waals surface area contributed by atoms with Gasteiger partial charge >= 0.3 is 0 Å². The van der Waals surface area contributed by atoms with E-state index in [1.807, 2.05) is 31.2 Å². The van der Waals surface area contributed by atoms with Crippen LogP contribution in [0, 0.1) is 5.82 Å². The second-order valence-electron chi connectivity index (χ2n) is 6.64. The Balaban J connectivity index is 2.04. The number of rotatable bonds is 9. The molecule has 1 N–H and O–H groups in total. The molecule has 0 saturated carbocycles. The summed E-state index contributed by atoms with van der Waals surface area (Å²) < 4.78 is 18.3. The van der Waals surface area contributed by atoms with Gasteiger partial charge in [0.2, 0.25) is 11.8 Å². The van der Waals surface area contributed by atoms with Crippen molar-refractivity contribution in [1.82, 2.24) is 10.2 Å². The summed E-state index contributed by atoms with van der Waals surface area (Å²) in [7, 11) is 1.60. The van der Waals surface area contributed by atoms with Gasteiger partial charge < -0.3 is 15.0 Å². The molecule has 28 heavy (non-hydrogen) atoms. The van der Waals surface area contributed by atoms with Crippen LogP contribution in [0.3, 0.4) is 0 Å². The largest absolute Gasteiger partial charge is 0.497 e. The van der Waals surface area contributed by atoms with Crippen molar-refractivity contribution >= 4 is 11.8 Å². The number of ether oxygens (including phenoxy) is 1. The number of hydrogen-bond acceptors (Lipinski definition) is 3. The van der Waals surface area contributed by atoms with E-state index in [0.29, 0.717) is 19.4 Å². The van der Waals surface area contributed by atoms with Crippen molar-refractivity contribution < 1.29 is 18.7 Å². The average Bonchev–Trinajstić information content (AvgIpc) is 2.71. The Bertz CT molecular complexity index is 775. The van der Waals surface area contributed by atoms with Crippen LogP contribution < -0.4 is 10.1 Å². The Kier molecular flexibility index (Phi) is 7.99. The number of nitrogens with one attached hydrogen (secondary N) is 1. The summed E-state index contributed by atoms with van der Waals surface area (Å²) in [5.74, 6) is 0.0841. The van der Waals surface area contributed by atoms with Gasteiger partial charge in [-0.2, -0.15) is 0 Å². The Hall–Kier alpha value is -2.89. The van der Waals surface area contributed by atoms with Gasteiger partial charge in [-0.1, -0.05) is 31.2 Å². The van der Waals surface area contributed by atoms with E-state index < -0.39 is 6.04 Å². The first-order valence-electron chi connectivity index (χ1n) is 9.39. The highest BCUT2D eigenvalue weighted by Crippen LogP contribution is 2.14. The molecule has 1 atom stereocenters. The minimum atomic E-state index is -0.637. The molecule has 2 rings (SSSR count). The molecule has 0 aliphatic rings. The normalized spacial score (nSPS) is 11.6. The third-order valence-corrected chi connectivity index (χ3v) is 4.52. The van der Waals surface area contributed by atoms with Gasteiger partial charge in [-0.3, -0.25) is 9.59 Å². The second-order valence-corrected chi connectivity index (χ2v) is 6.64. The molecule has 2 aromatic rings. The number of amides is 2. The van der Waals surface area contributed by atoms with Crippen LogP contribution in [0.4, 0.5) is 4.39 Å². The van der Waals surface area contributed by atoms with Crippen molar-refractivity contribution in [3.05, 3.63) is 65.5 Å². The molecule has 150 valence electrons. The molecule has 1 unspecified atom stereocenters. The van der Waals surface area contributed by atoms with E-state index in [0.717, 1.165) is 16.9 Å². The first kappa shape index (κ1) is 21.4. The van der Waals surface area contributed by atoms with E-state index in [2.05, 4.69) is 5.32 Å². The molecular formula is C22H27FN2O3. The third kappa shape index (κ3) is 6.08. The zero-order chi connectivity index (χ0) is 20.5. The maximum atomic E-state index is 13.1. The molecule has 2 aromatic carbocycles. The topological polar surface area (TPSA) is 58.6 Å². The quantitative estimate of drug-likeness (QED) is 0.715. The first-order chi connectivity index (χ1) is 13.4. The van der Waals surface area contributed by atoms with Gasteiger partial charge in [-0.25, -0.2) is 4.39 Å². The molecule has 0 fully saturated rings. The SMILES string of the molecule is CCCC(=O)N(Cc1ccc(F)cc1)C(C)C(=O)NCc1ccc(OC)cc1. The third-order valence-electron chi connectivity index (χ3n) is 4.52. The van der Waals surface area contributed by atoms with Gasteiger partial charge in [-0.05, 0) is 48.7 Å². The molecule has 5 nitrogen and oxygen atoms in total. The summed E-state index contributed by atoms with van der Waals surface area (Å²) in [6.07, 6.45) is 1.05. The Morgan fingerprint density at radius 3 is 2.25 bits per heavy atom. The van der Waals surface area contributed by atoms with Crippen LogP contribution in [-0.4, -0.2) is 29.9 Å². The van der Waals surface area contributed by atoms with E-state index in [-0.39, 0.29) is 24.2 Å². The smallest absolute Gasteiger partial charge is 0.242 e. The van der Waals surface area contributed by atoms with Gasteiger partial charge in [0.1, 0.15) is 17.6 Å². The number of benzene rings is 2. The molecule has 0 bridgehead atoms. The molecular weight excluding hydrogens is 359 g/mol. The van der Waals surface area contributed by atoms with Crippen LogP contribution in [-0.2, 0) is 22.7 Å². The number of hydrogen-bond donors (Lipinski definition) is 1. The van der Waals surface area contributed by atoms with Gasteiger partial charge in [0.15, 0.2) is 0 Å². The molecule has 2 amide bonds. The van der Waals surface area contributed by atoms with E-state index in [9.17, 15) is 14.0 Å². The van der Waals surface area contributed by atoms with Crippen LogP contribution in [0.15, 0.2) is 48.5 Å². The summed E-state index contributed by atoms with van der Waals surface area (Å²) >= 11 is 0. The number of halogens is 1. The van der Waals surface area contributed by atoms with Crippen LogP contribution >= 0.6 is 0 Å². The minimum Gasteiger partial charge on any atom is -0.497 e. The average molecular weight is 386 g/mol. The molecule has 0 radical (unpaired) electrons. The fourth-order valence-electron chi connectivity index (χ4n) is 2.81. The maximum Gasteiger partial charge on any atom is 0.242 e. The predicted molar refractivity (Wildman–Crippen MR) is 106 cm³/mol. The van der Waals surface area contributed by atoms with Crippen molar-refractivity contribution in [2.24, 2.45) is 0 Å². The summed E-state index contributed by atoms with van der Waals surface area (Å²) in [5, 5.41) is 2.87. The zero-order valence-corrected chi connectivity index (χ0v) is 16.6. The van der Waals surface area contributed by atoms with Crippen LogP contribution in [0.1, 0.15) is 37.8 Å². The van der Waals surface area contributed by atoms with E-state index >= 15 is 0 Å². The lowest BCUT2D eigenvalue weighted by molar-refractivity contribution is -0.140. The second kappa shape index (κ2) is 10.4. The van der Waals surface area contributed by atoms with Crippen molar-refractivity contribution in [2.45, 2.75) is 45.8 Å². The molecule has 0 heterocycles. The van der Waals surface area contributed by atoms with Gasteiger partial charge in [0, 0.05) is 19.5 Å². The van der Waals surface area contributed by atoms with Gasteiger partial charge in [0.05, 0.1) is 7.11 Å². The predicted octanol–water partition coefficient (Wildman–Crippen LogP) is 3.67. The monoisotopic (exact) mass is 386 g/mol. The summed E-state index contributed by atoms with van der Waals surface area (Å²) in [4.78, 5) is 26.7. The zero-order valence-electron chi connectivity index (χ0n) is 16.6. The number of carbonyl (C=O) groups excluding carboxylic acids is 2. The Morgan fingerprint density at radius 2 is 1.68 bits per heavy atom. The molecule has 0 aromatic heterocycles. The number of nitrogens with zero attached hydrogens (tertiary/aromatic N) is 1. The number of methoxy groups -OCH3 is 1. The summed E-state index contributed by atoms with van der Waals surface area (Å²) in [5.41, 5.74) is 1.71. The standard InChI is InChI=1S/C22H27FN2O3/c1-4-5-21(26)25(15-18-6-10-19(23)11-7-18)16(2)22(27)24-14-17-8-12-20(28-3)13-9-17/h6-13,16H,4-5,14-15H2,1-3H3,(H,24,27). The molecule has 0 saturated heterocycles. The highest BCUT2D eigenvalue weighted by Gasteiger charge is 2.25. The first-order valence-corrected chi connectivity index (χ1v) is 9.39. The Morgan fingerprint density at radius 1 is 1.07 bits per heavy atom. The minimum absolute atomic E-state index is 0.0982. The fraction of sp³-hybridized carbons (Fsp3) is 0.364. The molecule has 6 heteroatoms. The Labute approximate surface area is 165 Å². The lowest BCUT2D eigenvalue weighted by Crippen LogP contribution is -2.47. The fourth-order valence-corrected chi connectivity index (χ4v) is 2.81. The van der Waals surface area contributed by atoms with Crippen LogP contribution in [0.2, 0.25) is 0 Å². The van der Waals surface area contributed by atoms with Crippen molar-refractivity contribution in [1.29, 1.82) is 0 Å². The molecule has 0 aliphatic heterocycles. The van der Waals surface area contributed by atoms with Crippen molar-refractivity contribution in [3.63, 3.8) is 0 Å². The molecule has 0 spiro atoms. The van der Waals surface area contributed by atoms with Crippen LogP contribution in [0.5, 0.6) is 5.75 Å². The van der Waals surface area contributed by atoms with Crippen LogP contribution in [0.25, 0.3) is 0 Å². The lowest BCUT2D eigenvalue weighted by atomic mass is 10.1. The van der Waals surface area contributed by atoms with Gasteiger partial charge in [0.25, 0.3) is 0 Å². The van der Waals surface area contributed by atoms with E-state index in [4.69, 9.17) is 4.74 Å². The number of carbonyl (C=O) groups is 2. The maximum absolute atomic E-state index is 13.1. The highest BCUT2D eigenvalue weighted by molar-refractivity contribution is 5.87. The molecule has 0 aliphatic carbocycles. The van der Waals surface area contributed by atoms with Gasteiger partial charge in [-0.15, -0.1) is 0 Å². The summed E-state index contributed by atoms with van der Waals surface area (Å²) in [6.45, 7) is 4.25. The van der Waals surface area contributed by atoms with E-state index in [1.54, 1.807) is 31.1 Å².